The normalized spacial score (nSPS) is 21.4. The summed E-state index contributed by atoms with van der Waals surface area (Å²) >= 11 is 0. The van der Waals surface area contributed by atoms with E-state index in [0.29, 0.717) is 5.92 Å². The Bertz CT molecular complexity index is 539. The molecule has 6 heteroatoms. The van der Waals surface area contributed by atoms with E-state index in [9.17, 15) is 9.59 Å². The summed E-state index contributed by atoms with van der Waals surface area (Å²) in [5, 5.41) is 7.16. The van der Waals surface area contributed by atoms with E-state index in [1.54, 1.807) is 4.68 Å². The molecule has 6 nitrogen and oxygen atoms in total. The van der Waals surface area contributed by atoms with Gasteiger partial charge in [-0.2, -0.15) is 5.10 Å². The number of esters is 1. The second kappa shape index (κ2) is 7.42. The standard InChI is InChI=1S/C16H25N3O3/c1-11-6-4-5-7-14(11)17-15(20)10-22-16(21)9-19-13(3)8-12(2)18-19/h8,11,14H,4-7,9-10H2,1-3H3,(H,17,20)/t11-,14-/m0/s1. The fourth-order valence-electron chi connectivity index (χ4n) is 2.93. The van der Waals surface area contributed by atoms with Gasteiger partial charge in [0.1, 0.15) is 6.54 Å². The van der Waals surface area contributed by atoms with Crippen LogP contribution in [-0.4, -0.2) is 34.3 Å². The van der Waals surface area contributed by atoms with E-state index in [1.165, 1.54) is 6.42 Å². The number of carbonyl (C=O) groups is 2. The van der Waals surface area contributed by atoms with Crippen LogP contribution in [0.1, 0.15) is 44.0 Å². The monoisotopic (exact) mass is 307 g/mol. The summed E-state index contributed by atoms with van der Waals surface area (Å²) < 4.78 is 6.62. The summed E-state index contributed by atoms with van der Waals surface area (Å²) in [6, 6.07) is 2.10. The molecule has 0 spiro atoms. The average Bonchev–Trinajstić information content (AvgIpc) is 2.77. The van der Waals surface area contributed by atoms with Crippen LogP contribution in [0.4, 0.5) is 0 Å². The summed E-state index contributed by atoms with van der Waals surface area (Å²) in [6.45, 7) is 5.71. The van der Waals surface area contributed by atoms with Gasteiger partial charge >= 0.3 is 5.97 Å². The van der Waals surface area contributed by atoms with Crippen molar-refractivity contribution in [3.63, 3.8) is 0 Å². The van der Waals surface area contributed by atoms with Crippen molar-refractivity contribution >= 4 is 11.9 Å². The number of carbonyl (C=O) groups excluding carboxylic acids is 2. The molecule has 0 radical (unpaired) electrons. The lowest BCUT2D eigenvalue weighted by atomic mass is 9.86. The number of amides is 1. The zero-order valence-corrected chi connectivity index (χ0v) is 13.6. The number of aryl methyl sites for hydroxylation is 2. The molecule has 0 aliphatic heterocycles. The third kappa shape index (κ3) is 4.58. The van der Waals surface area contributed by atoms with Gasteiger partial charge in [0.15, 0.2) is 6.61 Å². The van der Waals surface area contributed by atoms with Crippen molar-refractivity contribution < 1.29 is 14.3 Å². The molecule has 1 saturated carbocycles. The smallest absolute Gasteiger partial charge is 0.328 e. The molecular formula is C16H25N3O3. The minimum Gasteiger partial charge on any atom is -0.454 e. The molecular weight excluding hydrogens is 282 g/mol. The van der Waals surface area contributed by atoms with Crippen molar-refractivity contribution in [3.05, 3.63) is 17.5 Å². The highest BCUT2D eigenvalue weighted by Gasteiger charge is 2.23. The number of ether oxygens (including phenoxy) is 1. The summed E-state index contributed by atoms with van der Waals surface area (Å²) in [5.74, 6) is -0.179. The Morgan fingerprint density at radius 1 is 1.36 bits per heavy atom. The first-order valence-corrected chi connectivity index (χ1v) is 7.91. The molecule has 0 unspecified atom stereocenters. The molecule has 1 amide bonds. The fourth-order valence-corrected chi connectivity index (χ4v) is 2.93. The molecule has 22 heavy (non-hydrogen) atoms. The van der Waals surface area contributed by atoms with Gasteiger partial charge in [0.25, 0.3) is 5.91 Å². The van der Waals surface area contributed by atoms with Crippen LogP contribution in [0, 0.1) is 19.8 Å². The highest BCUT2D eigenvalue weighted by atomic mass is 16.5. The van der Waals surface area contributed by atoms with Gasteiger partial charge in [-0.3, -0.25) is 14.3 Å². The van der Waals surface area contributed by atoms with Crippen LogP contribution >= 0.6 is 0 Å². The van der Waals surface area contributed by atoms with Crippen molar-refractivity contribution in [1.82, 2.24) is 15.1 Å². The molecule has 2 rings (SSSR count). The zero-order chi connectivity index (χ0) is 16.1. The molecule has 1 aliphatic carbocycles. The topological polar surface area (TPSA) is 73.2 Å². The minimum absolute atomic E-state index is 0.0345. The van der Waals surface area contributed by atoms with Crippen LogP contribution in [0.3, 0.4) is 0 Å². The quantitative estimate of drug-likeness (QED) is 0.841. The largest absolute Gasteiger partial charge is 0.454 e. The van der Waals surface area contributed by atoms with Crippen LogP contribution in [0.5, 0.6) is 0 Å². The van der Waals surface area contributed by atoms with Crippen molar-refractivity contribution in [3.8, 4) is 0 Å². The molecule has 0 aromatic carbocycles. The third-order valence-electron chi connectivity index (χ3n) is 4.20. The first-order valence-electron chi connectivity index (χ1n) is 7.91. The number of hydrogen-bond donors (Lipinski definition) is 1. The van der Waals surface area contributed by atoms with Crippen molar-refractivity contribution in [1.29, 1.82) is 0 Å². The lowest BCUT2D eigenvalue weighted by molar-refractivity contribution is -0.149. The molecule has 1 aliphatic rings. The summed E-state index contributed by atoms with van der Waals surface area (Å²) in [6.07, 6.45) is 4.52. The second-order valence-electron chi connectivity index (χ2n) is 6.18. The van der Waals surface area contributed by atoms with E-state index in [0.717, 1.165) is 30.7 Å². The Morgan fingerprint density at radius 2 is 2.09 bits per heavy atom. The number of rotatable bonds is 5. The fraction of sp³-hybridized carbons (Fsp3) is 0.688. The molecule has 1 aromatic heterocycles. The zero-order valence-electron chi connectivity index (χ0n) is 13.6. The predicted octanol–water partition coefficient (Wildman–Crippen LogP) is 1.74. The molecule has 1 fully saturated rings. The number of nitrogens with zero attached hydrogens (tertiary/aromatic N) is 2. The van der Waals surface area contributed by atoms with Crippen LogP contribution in [0.15, 0.2) is 6.07 Å². The van der Waals surface area contributed by atoms with Gasteiger partial charge in [0.2, 0.25) is 0 Å². The van der Waals surface area contributed by atoms with E-state index in [-0.39, 0.29) is 25.1 Å². The molecule has 2 atom stereocenters. The number of hydrogen-bond acceptors (Lipinski definition) is 4. The average molecular weight is 307 g/mol. The molecule has 1 heterocycles. The van der Waals surface area contributed by atoms with Crippen molar-refractivity contribution in [2.24, 2.45) is 5.92 Å². The molecule has 0 saturated heterocycles. The number of aromatic nitrogens is 2. The van der Waals surface area contributed by atoms with Crippen LogP contribution in [-0.2, 0) is 20.9 Å². The first-order chi connectivity index (χ1) is 10.5. The van der Waals surface area contributed by atoms with E-state index >= 15 is 0 Å². The molecule has 1 aromatic rings. The van der Waals surface area contributed by atoms with Gasteiger partial charge in [-0.1, -0.05) is 19.8 Å². The Balaban J connectivity index is 1.73. The van der Waals surface area contributed by atoms with Gasteiger partial charge in [0.05, 0.1) is 5.69 Å². The SMILES string of the molecule is Cc1cc(C)n(CC(=O)OCC(=O)N[C@H]2CCCC[C@@H]2C)n1. The van der Waals surface area contributed by atoms with Gasteiger partial charge in [-0.25, -0.2) is 0 Å². The van der Waals surface area contributed by atoms with E-state index in [4.69, 9.17) is 4.74 Å². The maximum absolute atomic E-state index is 11.9. The lowest BCUT2D eigenvalue weighted by Gasteiger charge is -2.29. The van der Waals surface area contributed by atoms with Crippen molar-refractivity contribution in [2.75, 3.05) is 6.61 Å². The lowest BCUT2D eigenvalue weighted by Crippen LogP contribution is -2.43. The minimum atomic E-state index is -0.446. The summed E-state index contributed by atoms with van der Waals surface area (Å²) in [7, 11) is 0. The van der Waals surface area contributed by atoms with E-state index < -0.39 is 5.97 Å². The van der Waals surface area contributed by atoms with Gasteiger partial charge in [-0.15, -0.1) is 0 Å². The highest BCUT2D eigenvalue weighted by Crippen LogP contribution is 2.23. The van der Waals surface area contributed by atoms with Gasteiger partial charge < -0.3 is 10.1 Å². The molecule has 1 N–H and O–H groups in total. The number of nitrogens with one attached hydrogen (secondary N) is 1. The maximum Gasteiger partial charge on any atom is 0.328 e. The van der Waals surface area contributed by atoms with Crippen molar-refractivity contribution in [2.45, 2.75) is 59.0 Å². The molecule has 0 bridgehead atoms. The van der Waals surface area contributed by atoms with Gasteiger partial charge in [-0.05, 0) is 38.7 Å². The summed E-state index contributed by atoms with van der Waals surface area (Å²) in [5.41, 5.74) is 1.75. The second-order valence-corrected chi connectivity index (χ2v) is 6.18. The first kappa shape index (κ1) is 16.5. The summed E-state index contributed by atoms with van der Waals surface area (Å²) in [4.78, 5) is 23.6. The third-order valence-corrected chi connectivity index (χ3v) is 4.20. The van der Waals surface area contributed by atoms with Gasteiger partial charge in [0, 0.05) is 11.7 Å². The predicted molar refractivity (Wildman–Crippen MR) is 82.2 cm³/mol. The Labute approximate surface area is 131 Å². The Hall–Kier alpha value is -1.85. The highest BCUT2D eigenvalue weighted by molar-refractivity contribution is 5.80. The van der Waals surface area contributed by atoms with Crippen LogP contribution in [0.2, 0.25) is 0 Å². The van der Waals surface area contributed by atoms with E-state index in [1.807, 2.05) is 19.9 Å². The van der Waals surface area contributed by atoms with E-state index in [2.05, 4.69) is 17.3 Å². The maximum atomic E-state index is 11.9. The Morgan fingerprint density at radius 3 is 2.73 bits per heavy atom. The van der Waals surface area contributed by atoms with Crippen LogP contribution in [0.25, 0.3) is 0 Å². The molecule has 122 valence electrons. The Kier molecular flexibility index (Phi) is 5.57. The van der Waals surface area contributed by atoms with Crippen LogP contribution < -0.4 is 5.32 Å².